The minimum atomic E-state index is -0.662. The van der Waals surface area contributed by atoms with Crippen LogP contribution < -0.4 is 15.9 Å². The predicted molar refractivity (Wildman–Crippen MR) is 137 cm³/mol. The molecule has 1 aromatic heterocycles. The Balaban J connectivity index is 1.38. The molecule has 0 bridgehead atoms. The number of para-hydroxylation sites is 1. The topological polar surface area (TPSA) is 70.2 Å². The van der Waals surface area contributed by atoms with Gasteiger partial charge in [-0.25, -0.2) is 14.4 Å². The zero-order valence-electron chi connectivity index (χ0n) is 19.3. The first-order valence-electron chi connectivity index (χ1n) is 11.5. The van der Waals surface area contributed by atoms with Gasteiger partial charge in [-0.1, -0.05) is 59.8 Å². The van der Waals surface area contributed by atoms with E-state index in [1.54, 1.807) is 17.1 Å². The third kappa shape index (κ3) is 4.20. The third-order valence-electron chi connectivity index (χ3n) is 6.02. The Labute approximate surface area is 210 Å². The van der Waals surface area contributed by atoms with E-state index in [0.717, 1.165) is 11.1 Å². The van der Waals surface area contributed by atoms with Gasteiger partial charge in [0.15, 0.2) is 10.9 Å². The van der Waals surface area contributed by atoms with Gasteiger partial charge < -0.3 is 4.42 Å². The van der Waals surface area contributed by atoms with Crippen LogP contribution in [0.2, 0.25) is 0 Å². The zero-order chi connectivity index (χ0) is 24.6. The second kappa shape index (κ2) is 9.13. The van der Waals surface area contributed by atoms with E-state index in [1.165, 1.54) is 29.5 Å². The van der Waals surface area contributed by atoms with Crippen LogP contribution in [0.15, 0.2) is 99.4 Å². The number of rotatable bonds is 4. The summed E-state index contributed by atoms with van der Waals surface area (Å²) in [6.45, 7) is 2.05. The van der Waals surface area contributed by atoms with Crippen LogP contribution in [-0.2, 0) is 10.5 Å². The molecule has 0 saturated heterocycles. The van der Waals surface area contributed by atoms with Crippen LogP contribution in [-0.4, -0.2) is 16.1 Å². The molecule has 2 aliphatic rings. The fraction of sp³-hybridized carbons (Fsp3) is 0.107. The minimum absolute atomic E-state index is 0.242. The molecule has 6 nitrogen and oxygen atoms in total. The Hall–Kier alpha value is -4.17. The molecule has 0 radical (unpaired) electrons. The maximum Gasteiger partial charge on any atom is 0.276 e. The Morgan fingerprint density at radius 1 is 1.00 bits per heavy atom. The summed E-state index contributed by atoms with van der Waals surface area (Å²) < 4.78 is 19.5. The highest BCUT2D eigenvalue weighted by molar-refractivity contribution is 8.13. The first-order chi connectivity index (χ1) is 17.5. The number of nitrogens with one attached hydrogen (secondary N) is 1. The highest BCUT2D eigenvalue weighted by Gasteiger charge is 2.36. The third-order valence-corrected chi connectivity index (χ3v) is 6.96. The van der Waals surface area contributed by atoms with E-state index in [1.807, 2.05) is 43.3 Å². The van der Waals surface area contributed by atoms with Gasteiger partial charge in [-0.2, -0.15) is 0 Å². The molecular weight excluding hydrogens is 475 g/mol. The van der Waals surface area contributed by atoms with Crippen molar-refractivity contribution in [3.8, 4) is 11.3 Å². The van der Waals surface area contributed by atoms with Crippen molar-refractivity contribution in [2.45, 2.75) is 18.8 Å². The highest BCUT2D eigenvalue weighted by atomic mass is 32.2. The van der Waals surface area contributed by atoms with Gasteiger partial charge in [0, 0.05) is 16.5 Å². The number of carbonyl (C=O) groups excluding carboxylic acids is 1. The smallest absolute Gasteiger partial charge is 0.276 e. The number of carbonyl (C=O) groups is 1. The normalized spacial score (nSPS) is 16.6. The fourth-order valence-corrected chi connectivity index (χ4v) is 4.98. The van der Waals surface area contributed by atoms with Crippen LogP contribution in [0, 0.1) is 12.7 Å². The molecule has 3 heterocycles. The molecule has 8 heteroatoms. The van der Waals surface area contributed by atoms with E-state index in [9.17, 15) is 9.18 Å². The molecule has 0 fully saturated rings. The summed E-state index contributed by atoms with van der Waals surface area (Å²) in [5.41, 5.74) is 3.50. The van der Waals surface area contributed by atoms with Crippen molar-refractivity contribution in [2.24, 2.45) is 10.1 Å². The second-order valence-electron chi connectivity index (χ2n) is 8.56. The van der Waals surface area contributed by atoms with E-state index in [2.05, 4.69) is 29.6 Å². The predicted octanol–water partition coefficient (Wildman–Crippen LogP) is 4.47. The maximum absolute atomic E-state index is 13.4. The molecule has 1 atom stereocenters. The highest BCUT2D eigenvalue weighted by Crippen LogP contribution is 2.34. The quantitative estimate of drug-likeness (QED) is 0.453. The summed E-state index contributed by atoms with van der Waals surface area (Å²) in [6.07, 6.45) is -0.662. The van der Waals surface area contributed by atoms with E-state index in [-0.39, 0.29) is 11.7 Å². The molecule has 4 aromatic rings. The average molecular weight is 497 g/mol. The number of amides is 1. The summed E-state index contributed by atoms with van der Waals surface area (Å²) in [4.78, 5) is 18.2. The lowest BCUT2D eigenvalue weighted by atomic mass is 10.1. The molecule has 3 aromatic carbocycles. The van der Waals surface area contributed by atoms with E-state index in [0.29, 0.717) is 38.7 Å². The van der Waals surface area contributed by atoms with Crippen LogP contribution in [0.5, 0.6) is 0 Å². The lowest BCUT2D eigenvalue weighted by Gasteiger charge is -2.32. The lowest BCUT2D eigenvalue weighted by molar-refractivity contribution is -0.116. The molecule has 178 valence electrons. The van der Waals surface area contributed by atoms with Crippen molar-refractivity contribution in [3.05, 3.63) is 118 Å². The van der Waals surface area contributed by atoms with Crippen LogP contribution in [0.4, 0.5) is 4.39 Å². The Kier molecular flexibility index (Phi) is 5.65. The fourth-order valence-electron chi connectivity index (χ4n) is 4.17. The van der Waals surface area contributed by atoms with Gasteiger partial charge in [0.1, 0.15) is 17.3 Å². The van der Waals surface area contributed by atoms with Gasteiger partial charge in [0.25, 0.3) is 5.91 Å². The van der Waals surface area contributed by atoms with Crippen molar-refractivity contribution in [1.29, 1.82) is 0 Å². The number of nitrogens with zero attached hydrogens (tertiary/aromatic N) is 3. The van der Waals surface area contributed by atoms with Crippen LogP contribution in [0.25, 0.3) is 17.0 Å². The summed E-state index contributed by atoms with van der Waals surface area (Å²) in [6, 6.07) is 25.5. The molecule has 36 heavy (non-hydrogen) atoms. The molecular formula is C28H21FN4O2S. The van der Waals surface area contributed by atoms with E-state index in [4.69, 9.17) is 14.5 Å². The first-order valence-corrected chi connectivity index (χ1v) is 12.4. The number of fused-ring (bicyclic) bond motifs is 2. The van der Waals surface area contributed by atoms with Gasteiger partial charge in [0.05, 0.1) is 5.36 Å². The maximum atomic E-state index is 13.4. The van der Waals surface area contributed by atoms with Gasteiger partial charge in [-0.3, -0.25) is 10.1 Å². The Morgan fingerprint density at radius 3 is 2.58 bits per heavy atom. The number of amidine groups is 1. The van der Waals surface area contributed by atoms with Crippen molar-refractivity contribution >= 4 is 28.5 Å². The Morgan fingerprint density at radius 2 is 1.78 bits per heavy atom. The van der Waals surface area contributed by atoms with Crippen LogP contribution in [0.1, 0.15) is 23.1 Å². The van der Waals surface area contributed by atoms with Crippen molar-refractivity contribution in [1.82, 2.24) is 10.3 Å². The Bertz CT molecular complexity index is 1610. The van der Waals surface area contributed by atoms with Crippen molar-refractivity contribution in [2.75, 3.05) is 0 Å². The number of hydrogen-bond donors (Lipinski definition) is 1. The first kappa shape index (κ1) is 22.3. The van der Waals surface area contributed by atoms with Crippen LogP contribution >= 0.6 is 11.8 Å². The molecule has 0 unspecified atom stereocenters. The summed E-state index contributed by atoms with van der Waals surface area (Å²) in [7, 11) is 0. The minimum Gasteiger partial charge on any atom is -0.457 e. The summed E-state index contributed by atoms with van der Waals surface area (Å²) in [5.74, 6) is 1.22. The van der Waals surface area contributed by atoms with Crippen LogP contribution in [0.3, 0.4) is 0 Å². The molecule has 0 spiro atoms. The lowest BCUT2D eigenvalue weighted by Crippen LogP contribution is -2.50. The van der Waals surface area contributed by atoms with Crippen molar-refractivity contribution in [3.63, 3.8) is 0 Å². The molecule has 1 amide bonds. The molecule has 0 saturated carbocycles. The van der Waals surface area contributed by atoms with Gasteiger partial charge in [-0.05, 0) is 55.0 Å². The molecule has 1 N–H and O–H groups in total. The number of thioether (sulfide) groups is 1. The number of halogens is 1. The number of hydrazone groups is 1. The molecule has 0 aliphatic carbocycles. The van der Waals surface area contributed by atoms with Gasteiger partial charge in [-0.15, -0.1) is 5.10 Å². The van der Waals surface area contributed by atoms with Gasteiger partial charge in [0.2, 0.25) is 6.17 Å². The van der Waals surface area contributed by atoms with Gasteiger partial charge >= 0.3 is 0 Å². The zero-order valence-corrected chi connectivity index (χ0v) is 20.1. The number of aryl methyl sites for hydroxylation is 1. The van der Waals surface area contributed by atoms with Crippen molar-refractivity contribution < 1.29 is 13.6 Å². The SMILES string of the molecule is Cc1ccc(CSC2=NN3C(=c4ccccc4=N[C@@H]3c3ccc(-c4ccc(F)cc4)o3)C(=O)N2)cc1. The number of furan rings is 1. The molecule has 6 rings (SSSR count). The summed E-state index contributed by atoms with van der Waals surface area (Å²) >= 11 is 1.45. The van der Waals surface area contributed by atoms with E-state index < -0.39 is 6.17 Å². The largest absolute Gasteiger partial charge is 0.457 e. The monoisotopic (exact) mass is 496 g/mol. The molecule has 2 aliphatic heterocycles. The second-order valence-corrected chi connectivity index (χ2v) is 9.52. The number of hydrogen-bond acceptors (Lipinski definition) is 6. The standard InChI is InChI=1S/C28H21FN4O2S/c1-17-6-8-18(9-7-17)16-36-28-31-27(34)25-21-4-2-3-5-22(21)30-26(33(25)32-28)24-15-14-23(35-24)19-10-12-20(29)13-11-19/h2-15,26H,16H2,1H3,(H,31,32,34)/t26-/m0/s1. The summed E-state index contributed by atoms with van der Waals surface area (Å²) in [5, 5.41) is 11.2. The average Bonchev–Trinajstić information content (AvgIpc) is 3.38. The number of benzene rings is 3. The van der Waals surface area contributed by atoms with E-state index >= 15 is 0 Å².